The van der Waals surface area contributed by atoms with Crippen LogP contribution < -0.4 is 11.2 Å². The lowest BCUT2D eigenvalue weighted by Gasteiger charge is -2.00. The molecule has 2 heterocycles. The predicted octanol–water partition coefficient (Wildman–Crippen LogP) is -0.983. The van der Waals surface area contributed by atoms with Gasteiger partial charge in [-0.3, -0.25) is 9.78 Å². The van der Waals surface area contributed by atoms with Gasteiger partial charge in [0.2, 0.25) is 0 Å². The molecular weight excluding hydrogens is 188 g/mol. The van der Waals surface area contributed by atoms with E-state index in [1.165, 1.54) is 13.4 Å². The maximum absolute atomic E-state index is 11.6. The van der Waals surface area contributed by atoms with E-state index < -0.39 is 11.2 Å². The largest absolute Gasteiger partial charge is 0.364 e. The SMILES string of the molecule is COCn1c(=O)[nH]c2nc[nH]c2c1=O. The van der Waals surface area contributed by atoms with Gasteiger partial charge in [-0.2, -0.15) is 0 Å². The maximum atomic E-state index is 11.6. The minimum atomic E-state index is -0.531. The van der Waals surface area contributed by atoms with E-state index in [-0.39, 0.29) is 17.9 Å². The Balaban J connectivity index is 2.83. The molecule has 0 spiro atoms. The topological polar surface area (TPSA) is 92.8 Å². The lowest BCUT2D eigenvalue weighted by atomic mass is 10.5. The zero-order chi connectivity index (χ0) is 10.1. The van der Waals surface area contributed by atoms with Crippen molar-refractivity contribution in [1.29, 1.82) is 0 Å². The monoisotopic (exact) mass is 196 g/mol. The molecular formula is C7H8N4O3. The number of hydrogen-bond acceptors (Lipinski definition) is 4. The Morgan fingerprint density at radius 3 is 3.07 bits per heavy atom. The zero-order valence-electron chi connectivity index (χ0n) is 7.40. The molecule has 0 unspecified atom stereocenters. The van der Waals surface area contributed by atoms with Gasteiger partial charge in [0.25, 0.3) is 5.56 Å². The van der Waals surface area contributed by atoms with Crippen LogP contribution in [-0.2, 0) is 11.5 Å². The number of rotatable bonds is 2. The summed E-state index contributed by atoms with van der Waals surface area (Å²) in [5.74, 6) is 0. The molecule has 7 nitrogen and oxygen atoms in total. The van der Waals surface area contributed by atoms with E-state index in [1.54, 1.807) is 0 Å². The number of aromatic nitrogens is 4. The standard InChI is InChI=1S/C7H8N4O3/c1-14-3-11-6(12)4-5(9-2-8-4)10-7(11)13/h2H,3H2,1H3,(H,8,9)(H,10,13). The Morgan fingerprint density at radius 1 is 1.57 bits per heavy atom. The van der Waals surface area contributed by atoms with E-state index in [0.717, 1.165) is 4.57 Å². The molecule has 2 rings (SSSR count). The van der Waals surface area contributed by atoms with Gasteiger partial charge < -0.3 is 9.72 Å². The van der Waals surface area contributed by atoms with Crippen molar-refractivity contribution in [3.63, 3.8) is 0 Å². The first kappa shape index (κ1) is 8.70. The van der Waals surface area contributed by atoms with Gasteiger partial charge in [0.15, 0.2) is 5.65 Å². The van der Waals surface area contributed by atoms with Crippen molar-refractivity contribution in [1.82, 2.24) is 19.5 Å². The van der Waals surface area contributed by atoms with Crippen molar-refractivity contribution in [2.45, 2.75) is 6.73 Å². The van der Waals surface area contributed by atoms with E-state index in [0.29, 0.717) is 0 Å². The molecule has 0 radical (unpaired) electrons. The molecule has 0 amide bonds. The van der Waals surface area contributed by atoms with Crippen LogP contribution >= 0.6 is 0 Å². The van der Waals surface area contributed by atoms with Crippen molar-refractivity contribution in [3.8, 4) is 0 Å². The fourth-order valence-corrected chi connectivity index (χ4v) is 1.19. The van der Waals surface area contributed by atoms with Gasteiger partial charge in [-0.25, -0.2) is 14.3 Å². The molecule has 0 saturated heterocycles. The van der Waals surface area contributed by atoms with E-state index in [1.807, 2.05) is 0 Å². The molecule has 14 heavy (non-hydrogen) atoms. The second-order valence-electron chi connectivity index (χ2n) is 2.71. The van der Waals surface area contributed by atoms with Gasteiger partial charge in [-0.1, -0.05) is 0 Å². The summed E-state index contributed by atoms with van der Waals surface area (Å²) in [6.07, 6.45) is 1.35. The smallest absolute Gasteiger partial charge is 0.332 e. The van der Waals surface area contributed by atoms with Crippen molar-refractivity contribution >= 4 is 11.2 Å². The second kappa shape index (κ2) is 3.11. The van der Waals surface area contributed by atoms with Crippen molar-refractivity contribution in [2.75, 3.05) is 7.11 Å². The molecule has 2 aromatic rings. The average molecular weight is 196 g/mol. The number of methoxy groups -OCH3 is 1. The molecule has 2 N–H and O–H groups in total. The van der Waals surface area contributed by atoms with Gasteiger partial charge >= 0.3 is 5.69 Å². The zero-order valence-corrected chi connectivity index (χ0v) is 7.40. The molecule has 2 aromatic heterocycles. The normalized spacial score (nSPS) is 10.9. The van der Waals surface area contributed by atoms with Gasteiger partial charge in [-0.15, -0.1) is 0 Å². The van der Waals surface area contributed by atoms with Crippen LogP contribution in [0.25, 0.3) is 11.2 Å². The summed E-state index contributed by atoms with van der Waals surface area (Å²) in [4.78, 5) is 31.8. The minimum absolute atomic E-state index is 0.0802. The number of ether oxygens (including phenoxy) is 1. The third-order valence-electron chi connectivity index (χ3n) is 1.83. The number of nitrogens with one attached hydrogen (secondary N) is 2. The van der Waals surface area contributed by atoms with Crippen LogP contribution in [0.2, 0.25) is 0 Å². The first-order valence-corrected chi connectivity index (χ1v) is 3.89. The highest BCUT2D eigenvalue weighted by Crippen LogP contribution is 1.94. The van der Waals surface area contributed by atoms with Crippen LogP contribution in [0.15, 0.2) is 15.9 Å². The first-order chi connectivity index (χ1) is 6.74. The molecule has 0 bridgehead atoms. The summed E-state index contributed by atoms with van der Waals surface area (Å²) in [5.41, 5.74) is -0.450. The van der Waals surface area contributed by atoms with Crippen LogP contribution in [0, 0.1) is 0 Å². The van der Waals surface area contributed by atoms with Gasteiger partial charge in [-0.05, 0) is 0 Å². The van der Waals surface area contributed by atoms with E-state index in [2.05, 4.69) is 15.0 Å². The summed E-state index contributed by atoms with van der Waals surface area (Å²) in [6, 6.07) is 0. The summed E-state index contributed by atoms with van der Waals surface area (Å²) in [6.45, 7) is -0.0802. The van der Waals surface area contributed by atoms with Crippen molar-refractivity contribution in [3.05, 3.63) is 27.2 Å². The quantitative estimate of drug-likeness (QED) is 0.645. The Kier molecular flexibility index (Phi) is 1.93. The molecule has 0 aliphatic rings. The Hall–Kier alpha value is -1.89. The van der Waals surface area contributed by atoms with Crippen LogP contribution in [0.1, 0.15) is 0 Å². The summed E-state index contributed by atoms with van der Waals surface area (Å²) in [7, 11) is 1.41. The molecule has 0 aliphatic heterocycles. The van der Waals surface area contributed by atoms with Crippen LogP contribution in [0.5, 0.6) is 0 Å². The number of hydrogen-bond donors (Lipinski definition) is 2. The van der Waals surface area contributed by atoms with Crippen LogP contribution in [-0.4, -0.2) is 26.6 Å². The second-order valence-corrected chi connectivity index (χ2v) is 2.71. The van der Waals surface area contributed by atoms with Gasteiger partial charge in [0.05, 0.1) is 6.33 Å². The van der Waals surface area contributed by atoms with Crippen LogP contribution in [0.3, 0.4) is 0 Å². The number of aromatic amines is 2. The van der Waals surface area contributed by atoms with Gasteiger partial charge in [0.1, 0.15) is 12.2 Å². The molecule has 0 fully saturated rings. The third kappa shape index (κ3) is 1.14. The minimum Gasteiger partial charge on any atom is -0.364 e. The predicted molar refractivity (Wildman–Crippen MR) is 48.0 cm³/mol. The summed E-state index contributed by atoms with van der Waals surface area (Å²) < 4.78 is 5.67. The molecule has 0 aromatic carbocycles. The fraction of sp³-hybridized carbons (Fsp3) is 0.286. The molecule has 7 heteroatoms. The number of nitrogens with zero attached hydrogens (tertiary/aromatic N) is 2. The van der Waals surface area contributed by atoms with Crippen molar-refractivity contribution in [2.24, 2.45) is 0 Å². The average Bonchev–Trinajstić information content (AvgIpc) is 2.60. The highest BCUT2D eigenvalue weighted by atomic mass is 16.5. The van der Waals surface area contributed by atoms with Gasteiger partial charge in [0, 0.05) is 7.11 Å². The maximum Gasteiger partial charge on any atom is 0.332 e. The van der Waals surface area contributed by atoms with E-state index in [9.17, 15) is 9.59 Å². The van der Waals surface area contributed by atoms with E-state index >= 15 is 0 Å². The molecule has 0 saturated carbocycles. The molecule has 0 aliphatic carbocycles. The van der Waals surface area contributed by atoms with Crippen molar-refractivity contribution < 1.29 is 4.74 Å². The number of fused-ring (bicyclic) bond motifs is 1. The highest BCUT2D eigenvalue weighted by Gasteiger charge is 2.07. The number of imidazole rings is 1. The summed E-state index contributed by atoms with van der Waals surface area (Å²) >= 11 is 0. The third-order valence-corrected chi connectivity index (χ3v) is 1.83. The fourth-order valence-electron chi connectivity index (χ4n) is 1.19. The van der Waals surface area contributed by atoms with Crippen LogP contribution in [0.4, 0.5) is 0 Å². The Bertz CT molecular complexity index is 564. The Morgan fingerprint density at radius 2 is 2.36 bits per heavy atom. The lowest BCUT2D eigenvalue weighted by molar-refractivity contribution is 0.125. The summed E-state index contributed by atoms with van der Waals surface area (Å²) in [5, 5.41) is 0. The first-order valence-electron chi connectivity index (χ1n) is 3.89. The molecule has 0 atom stereocenters. The Labute approximate surface area is 77.4 Å². The highest BCUT2D eigenvalue weighted by molar-refractivity contribution is 5.67. The lowest BCUT2D eigenvalue weighted by Crippen LogP contribution is -2.35. The molecule has 74 valence electrons. The van der Waals surface area contributed by atoms with E-state index in [4.69, 9.17) is 4.74 Å². The number of H-pyrrole nitrogens is 2.